The van der Waals surface area contributed by atoms with Crippen molar-refractivity contribution >= 4 is 0 Å². The minimum Gasteiger partial charge on any atom is -0.483 e. The first-order chi connectivity index (χ1) is 6.35. The quantitative estimate of drug-likeness (QED) is 0.419. The van der Waals surface area contributed by atoms with Crippen molar-refractivity contribution in [2.45, 2.75) is 33.2 Å². The Balaban J connectivity index is 4.59. The van der Waals surface area contributed by atoms with E-state index in [1.165, 1.54) is 0 Å². The van der Waals surface area contributed by atoms with Crippen LogP contribution in [-0.4, -0.2) is 12.6 Å². The predicted molar refractivity (Wildman–Crippen MR) is 58.9 cm³/mol. The molecule has 0 aromatic heterocycles. The lowest BCUT2D eigenvalue weighted by Gasteiger charge is -2.28. The van der Waals surface area contributed by atoms with Crippen LogP contribution in [0.1, 0.15) is 27.7 Å². The van der Waals surface area contributed by atoms with Crippen LogP contribution in [0.4, 0.5) is 0 Å². The van der Waals surface area contributed by atoms with E-state index in [4.69, 9.17) is 11.2 Å². The monoisotopic (exact) mass is 192 g/mol. The first-order valence-corrected chi connectivity index (χ1v) is 4.51. The summed E-state index contributed by atoms with van der Waals surface area (Å²) in [5.41, 5.74) is 0.405. The van der Waals surface area contributed by atoms with Gasteiger partial charge in [-0.1, -0.05) is 13.5 Å². The number of allylic oxidation sites excluding steroid dienone is 2. The third-order valence-corrected chi connectivity index (χ3v) is 2.31. The summed E-state index contributed by atoms with van der Waals surface area (Å²) in [6.07, 6.45) is 6.95. The molecule has 0 fully saturated rings. The Morgan fingerprint density at radius 3 is 2.29 bits per heavy atom. The fraction of sp³-hybridized carbons (Fsp3) is 0.500. The molecule has 0 aliphatic heterocycles. The van der Waals surface area contributed by atoms with E-state index in [1.54, 1.807) is 13.8 Å². The van der Waals surface area contributed by atoms with Crippen LogP contribution in [-0.2, 0) is 4.74 Å². The molecule has 0 aromatic carbocycles. The van der Waals surface area contributed by atoms with Crippen molar-refractivity contribution in [3.05, 3.63) is 30.1 Å². The summed E-state index contributed by atoms with van der Waals surface area (Å²) in [7, 11) is 1.85. The zero-order valence-electron chi connectivity index (χ0n) is 9.62. The zero-order chi connectivity index (χ0) is 11.4. The highest BCUT2D eigenvalue weighted by Gasteiger charge is 2.20. The molecule has 2 heteroatoms. The first kappa shape index (κ1) is 12.8. The minimum atomic E-state index is -0.274. The summed E-state index contributed by atoms with van der Waals surface area (Å²) in [6, 6.07) is 0. The molecule has 0 heterocycles. The van der Waals surface area contributed by atoms with E-state index in [0.717, 1.165) is 0 Å². The lowest BCUT2D eigenvalue weighted by molar-refractivity contribution is 0.232. The van der Waals surface area contributed by atoms with Crippen LogP contribution in [0.5, 0.6) is 0 Å². The van der Waals surface area contributed by atoms with Crippen LogP contribution in [0.2, 0.25) is 0 Å². The lowest BCUT2D eigenvalue weighted by atomic mass is 10.0. The summed E-state index contributed by atoms with van der Waals surface area (Å²) in [6.45, 7) is 11.4. The van der Waals surface area contributed by atoms with Crippen molar-refractivity contribution in [2.75, 3.05) is 7.05 Å². The molecule has 0 unspecified atom stereocenters. The van der Waals surface area contributed by atoms with Gasteiger partial charge in [-0.15, -0.1) is 5.57 Å². The van der Waals surface area contributed by atoms with Gasteiger partial charge in [0.25, 0.3) is 0 Å². The maximum Gasteiger partial charge on any atom is 0.114 e. The van der Waals surface area contributed by atoms with Gasteiger partial charge in [0.05, 0.1) is 5.54 Å². The van der Waals surface area contributed by atoms with Gasteiger partial charge >= 0.3 is 0 Å². The highest BCUT2D eigenvalue weighted by Crippen LogP contribution is 2.19. The van der Waals surface area contributed by atoms with E-state index in [0.29, 0.717) is 17.1 Å². The van der Waals surface area contributed by atoms with Crippen LogP contribution >= 0.6 is 0 Å². The van der Waals surface area contributed by atoms with E-state index in [1.807, 2.05) is 20.9 Å². The van der Waals surface area contributed by atoms with Crippen molar-refractivity contribution in [3.8, 4) is 5.92 Å². The molecule has 0 aromatic rings. The highest BCUT2D eigenvalue weighted by atomic mass is 16.5. The first-order valence-electron chi connectivity index (χ1n) is 4.51. The maximum atomic E-state index is 6.95. The second kappa shape index (κ2) is 4.88. The molecule has 0 saturated heterocycles. The Morgan fingerprint density at radius 2 is 1.93 bits per heavy atom. The van der Waals surface area contributed by atoms with Crippen molar-refractivity contribution < 1.29 is 4.74 Å². The molecule has 0 radical (unpaired) electrons. The number of rotatable bonds is 4. The molecule has 0 aliphatic carbocycles. The van der Waals surface area contributed by atoms with Gasteiger partial charge in [-0.05, 0) is 27.8 Å². The van der Waals surface area contributed by atoms with Crippen LogP contribution in [0.15, 0.2) is 23.7 Å². The fourth-order valence-electron chi connectivity index (χ4n) is 0.616. The van der Waals surface area contributed by atoms with Crippen molar-refractivity contribution in [1.82, 2.24) is 5.32 Å². The zero-order valence-corrected chi connectivity index (χ0v) is 9.62. The standard InChI is InChI=1S/C12H18NO/c1-8-9(2)10(3)14-11(4)12(5,6)13-7/h13H,4H2,2-3,5-7H3/q-1/b10-9-. The summed E-state index contributed by atoms with van der Waals surface area (Å²) < 4.78 is 5.50. The Hall–Kier alpha value is -1.20. The molecule has 78 valence electrons. The lowest BCUT2D eigenvalue weighted by Crippen LogP contribution is -2.38. The van der Waals surface area contributed by atoms with E-state index in [9.17, 15) is 0 Å². The van der Waals surface area contributed by atoms with Crippen LogP contribution < -0.4 is 5.32 Å². The molecule has 0 bridgehead atoms. The molecule has 0 aliphatic rings. The molecular weight excluding hydrogens is 174 g/mol. The molecule has 0 amide bonds. The smallest absolute Gasteiger partial charge is 0.114 e. The Labute approximate surface area is 87.0 Å². The normalized spacial score (nSPS) is 12.9. The number of likely N-dealkylation sites (N-methyl/N-ethyl adjacent to an activating group) is 1. The summed E-state index contributed by atoms with van der Waals surface area (Å²) >= 11 is 0. The molecule has 0 spiro atoms. The topological polar surface area (TPSA) is 21.3 Å². The number of hydrogen-bond acceptors (Lipinski definition) is 2. The molecule has 0 atom stereocenters. The maximum absolute atomic E-state index is 6.95. The largest absolute Gasteiger partial charge is 0.483 e. The fourth-order valence-corrected chi connectivity index (χ4v) is 0.616. The third kappa shape index (κ3) is 3.27. The highest BCUT2D eigenvalue weighted by molar-refractivity contribution is 5.24. The minimum absolute atomic E-state index is 0.274. The van der Waals surface area contributed by atoms with E-state index in [2.05, 4.69) is 17.8 Å². The number of ether oxygens (including phenoxy) is 1. The van der Waals surface area contributed by atoms with Gasteiger partial charge in [0, 0.05) is 5.76 Å². The van der Waals surface area contributed by atoms with Gasteiger partial charge in [-0.3, -0.25) is 5.92 Å². The van der Waals surface area contributed by atoms with Crippen LogP contribution in [0.25, 0.3) is 0 Å². The number of hydrogen-bond donors (Lipinski definition) is 1. The summed E-state index contributed by atoms with van der Waals surface area (Å²) in [5.74, 6) is 3.57. The second-order valence-electron chi connectivity index (χ2n) is 3.71. The third-order valence-electron chi connectivity index (χ3n) is 2.31. The van der Waals surface area contributed by atoms with Crippen molar-refractivity contribution in [2.24, 2.45) is 0 Å². The molecule has 14 heavy (non-hydrogen) atoms. The van der Waals surface area contributed by atoms with Crippen LogP contribution in [0.3, 0.4) is 0 Å². The van der Waals surface area contributed by atoms with E-state index in [-0.39, 0.29) is 5.54 Å². The average Bonchev–Trinajstić information content (AvgIpc) is 2.16. The van der Waals surface area contributed by atoms with Crippen molar-refractivity contribution in [3.63, 3.8) is 0 Å². The van der Waals surface area contributed by atoms with Gasteiger partial charge in [-0.25, -0.2) is 0 Å². The Bertz CT molecular complexity index is 292. The predicted octanol–water partition coefficient (Wildman–Crippen LogP) is 2.40. The van der Waals surface area contributed by atoms with Gasteiger partial charge < -0.3 is 16.5 Å². The summed E-state index contributed by atoms with van der Waals surface area (Å²) in [5, 5.41) is 3.09. The second-order valence-corrected chi connectivity index (χ2v) is 3.71. The van der Waals surface area contributed by atoms with Gasteiger partial charge in [0.15, 0.2) is 0 Å². The molecule has 2 nitrogen and oxygen atoms in total. The molecule has 1 N–H and O–H groups in total. The number of nitrogens with one attached hydrogen (secondary N) is 1. The molecule has 0 saturated carbocycles. The van der Waals surface area contributed by atoms with Gasteiger partial charge in [0.2, 0.25) is 0 Å². The van der Waals surface area contributed by atoms with Gasteiger partial charge in [-0.2, -0.15) is 0 Å². The average molecular weight is 192 g/mol. The Morgan fingerprint density at radius 1 is 1.43 bits per heavy atom. The molecule has 0 rings (SSSR count). The van der Waals surface area contributed by atoms with Crippen molar-refractivity contribution in [1.29, 1.82) is 0 Å². The Kier molecular flexibility index (Phi) is 4.46. The summed E-state index contributed by atoms with van der Waals surface area (Å²) in [4.78, 5) is 0. The van der Waals surface area contributed by atoms with E-state index < -0.39 is 0 Å². The van der Waals surface area contributed by atoms with E-state index >= 15 is 0 Å². The SMILES string of the molecule is [C-]#C/C(C)=C(/C)OC(=C)C(C)(C)NC. The van der Waals surface area contributed by atoms with Crippen LogP contribution in [0, 0.1) is 12.3 Å². The molecular formula is C12H18NO-. The van der Waals surface area contributed by atoms with Gasteiger partial charge in [0.1, 0.15) is 5.76 Å².